The van der Waals surface area contributed by atoms with Crippen molar-refractivity contribution in [2.24, 2.45) is 0 Å². The zero-order valence-corrected chi connectivity index (χ0v) is 20.8. The molecule has 0 aliphatic heterocycles. The van der Waals surface area contributed by atoms with Gasteiger partial charge < -0.3 is 15.4 Å². The van der Waals surface area contributed by atoms with E-state index in [2.05, 4.69) is 10.6 Å². The van der Waals surface area contributed by atoms with Crippen LogP contribution in [0.2, 0.25) is 0 Å². The Labute approximate surface area is 217 Å². The molecule has 0 radical (unpaired) electrons. The molecule has 0 bridgehead atoms. The van der Waals surface area contributed by atoms with Gasteiger partial charge in [-0.05, 0) is 54.4 Å². The number of para-hydroxylation sites is 1. The summed E-state index contributed by atoms with van der Waals surface area (Å²) in [5, 5.41) is 5.65. The molecule has 0 saturated heterocycles. The maximum Gasteiger partial charge on any atom is 0.332 e. The molecule has 0 spiro atoms. The molecule has 10 heteroatoms. The van der Waals surface area contributed by atoms with Gasteiger partial charge in [-0.1, -0.05) is 30.3 Å². The number of hydrogen-bond acceptors (Lipinski definition) is 5. The summed E-state index contributed by atoms with van der Waals surface area (Å²) in [5.41, 5.74) is 0.488. The molecule has 3 aromatic carbocycles. The highest BCUT2D eigenvalue weighted by Gasteiger charge is 2.16. The van der Waals surface area contributed by atoms with Crippen molar-refractivity contribution in [3.8, 4) is 0 Å². The summed E-state index contributed by atoms with van der Waals surface area (Å²) in [7, 11) is 1.60. The van der Waals surface area contributed by atoms with Crippen LogP contribution in [0.3, 0.4) is 0 Å². The minimum absolute atomic E-state index is 0.0518. The second-order valence-electron chi connectivity index (χ2n) is 8.63. The van der Waals surface area contributed by atoms with Crippen molar-refractivity contribution in [3.63, 3.8) is 0 Å². The van der Waals surface area contributed by atoms with Gasteiger partial charge in [0.1, 0.15) is 12.4 Å². The fraction of sp³-hybridized carbons (Fsp3) is 0.214. The number of rotatable bonds is 10. The van der Waals surface area contributed by atoms with Crippen LogP contribution in [0.5, 0.6) is 0 Å². The number of methoxy groups -OCH3 is 1. The number of ether oxygens (including phenoxy) is 1. The first-order valence-corrected chi connectivity index (χ1v) is 12.0. The number of fused-ring (bicyclic) bond motifs is 1. The number of amides is 2. The highest BCUT2D eigenvalue weighted by molar-refractivity contribution is 5.94. The van der Waals surface area contributed by atoms with E-state index in [0.717, 1.165) is 4.57 Å². The van der Waals surface area contributed by atoms with E-state index in [0.29, 0.717) is 36.2 Å². The molecule has 1 aromatic heterocycles. The van der Waals surface area contributed by atoms with Gasteiger partial charge in [-0.25, -0.2) is 9.18 Å². The lowest BCUT2D eigenvalue weighted by atomic mass is 10.1. The van der Waals surface area contributed by atoms with E-state index in [1.54, 1.807) is 55.6 Å². The predicted octanol–water partition coefficient (Wildman–Crippen LogP) is 2.76. The Morgan fingerprint density at radius 1 is 0.947 bits per heavy atom. The van der Waals surface area contributed by atoms with Crippen molar-refractivity contribution in [3.05, 3.63) is 111 Å². The Kier molecular flexibility index (Phi) is 8.44. The van der Waals surface area contributed by atoms with Gasteiger partial charge in [0, 0.05) is 31.5 Å². The fourth-order valence-electron chi connectivity index (χ4n) is 4.04. The molecule has 0 unspecified atom stereocenters. The third-order valence-electron chi connectivity index (χ3n) is 5.91. The topological polar surface area (TPSA) is 111 Å². The smallest absolute Gasteiger partial charge is 0.332 e. The summed E-state index contributed by atoms with van der Waals surface area (Å²) < 4.78 is 20.7. The number of anilines is 1. The van der Waals surface area contributed by atoms with Gasteiger partial charge >= 0.3 is 5.69 Å². The quantitative estimate of drug-likeness (QED) is 0.314. The highest BCUT2D eigenvalue weighted by Crippen LogP contribution is 2.12. The van der Waals surface area contributed by atoms with Crippen LogP contribution in [-0.2, 0) is 22.6 Å². The summed E-state index contributed by atoms with van der Waals surface area (Å²) in [6.07, 6.45) is 0.692. The van der Waals surface area contributed by atoms with E-state index in [4.69, 9.17) is 4.74 Å². The van der Waals surface area contributed by atoms with E-state index in [1.807, 2.05) is 0 Å². The fourth-order valence-corrected chi connectivity index (χ4v) is 4.04. The molecule has 4 rings (SSSR count). The van der Waals surface area contributed by atoms with Crippen LogP contribution in [0.25, 0.3) is 10.9 Å². The number of carbonyl (C=O) groups excluding carboxylic acids is 2. The number of benzene rings is 3. The summed E-state index contributed by atoms with van der Waals surface area (Å²) in [5.74, 6) is -1.29. The zero-order chi connectivity index (χ0) is 27.1. The van der Waals surface area contributed by atoms with Crippen LogP contribution >= 0.6 is 0 Å². The largest absolute Gasteiger partial charge is 0.385 e. The lowest BCUT2D eigenvalue weighted by Crippen LogP contribution is -2.42. The summed E-state index contributed by atoms with van der Waals surface area (Å²) in [6.45, 7) is 0.596. The number of hydrogen-bond donors (Lipinski definition) is 2. The number of carbonyl (C=O) groups is 2. The maximum atomic E-state index is 13.5. The Balaban J connectivity index is 1.59. The number of halogens is 1. The SMILES string of the molecule is COCCCNC(=O)c1ccc(Cn2c(=O)c3ccccc3n(CC(=O)Nc3cccc(F)c3)c2=O)cc1. The first kappa shape index (κ1) is 26.5. The van der Waals surface area contributed by atoms with Gasteiger partial charge in [0.05, 0.1) is 17.4 Å². The molecule has 38 heavy (non-hydrogen) atoms. The molecule has 2 amide bonds. The zero-order valence-electron chi connectivity index (χ0n) is 20.8. The minimum atomic E-state index is -0.664. The predicted molar refractivity (Wildman–Crippen MR) is 142 cm³/mol. The van der Waals surface area contributed by atoms with E-state index in [9.17, 15) is 23.6 Å². The van der Waals surface area contributed by atoms with Crippen LogP contribution < -0.4 is 21.9 Å². The molecule has 0 saturated carbocycles. The monoisotopic (exact) mass is 518 g/mol. The average molecular weight is 519 g/mol. The molecule has 0 aliphatic carbocycles. The molecule has 4 aromatic rings. The Bertz CT molecular complexity index is 1580. The third-order valence-corrected chi connectivity index (χ3v) is 5.91. The van der Waals surface area contributed by atoms with Crippen LogP contribution in [0.1, 0.15) is 22.3 Å². The van der Waals surface area contributed by atoms with Gasteiger partial charge in [0.15, 0.2) is 0 Å². The lowest BCUT2D eigenvalue weighted by Gasteiger charge is -2.14. The van der Waals surface area contributed by atoms with Gasteiger partial charge in [0.2, 0.25) is 5.91 Å². The van der Waals surface area contributed by atoms with Crippen molar-refractivity contribution in [1.82, 2.24) is 14.5 Å². The normalized spacial score (nSPS) is 10.9. The van der Waals surface area contributed by atoms with E-state index in [-0.39, 0.29) is 30.1 Å². The van der Waals surface area contributed by atoms with Gasteiger partial charge in [-0.3, -0.25) is 23.5 Å². The van der Waals surface area contributed by atoms with Crippen molar-refractivity contribution in [2.75, 3.05) is 25.6 Å². The van der Waals surface area contributed by atoms with Crippen LogP contribution in [0, 0.1) is 5.82 Å². The van der Waals surface area contributed by atoms with E-state index >= 15 is 0 Å². The molecule has 196 valence electrons. The molecule has 1 heterocycles. The van der Waals surface area contributed by atoms with E-state index in [1.165, 1.54) is 28.8 Å². The molecule has 0 aliphatic rings. The number of nitrogens with one attached hydrogen (secondary N) is 2. The maximum absolute atomic E-state index is 13.5. The molecule has 0 fully saturated rings. The van der Waals surface area contributed by atoms with Gasteiger partial charge in [-0.15, -0.1) is 0 Å². The van der Waals surface area contributed by atoms with Crippen molar-refractivity contribution < 1.29 is 18.7 Å². The Hall–Kier alpha value is -4.57. The van der Waals surface area contributed by atoms with Gasteiger partial charge in [0.25, 0.3) is 11.5 Å². The molecule has 9 nitrogen and oxygen atoms in total. The van der Waals surface area contributed by atoms with Crippen molar-refractivity contribution in [1.29, 1.82) is 0 Å². The molecule has 2 N–H and O–H groups in total. The van der Waals surface area contributed by atoms with Crippen LogP contribution in [-0.4, -0.2) is 41.2 Å². The molecular weight excluding hydrogens is 491 g/mol. The summed E-state index contributed by atoms with van der Waals surface area (Å²) in [4.78, 5) is 51.6. The highest BCUT2D eigenvalue weighted by atomic mass is 19.1. The molecule has 0 atom stereocenters. The first-order chi connectivity index (χ1) is 18.4. The number of nitrogens with zero attached hydrogens (tertiary/aromatic N) is 2. The number of aromatic nitrogens is 2. The third kappa shape index (κ3) is 6.22. The minimum Gasteiger partial charge on any atom is -0.385 e. The van der Waals surface area contributed by atoms with Gasteiger partial charge in [-0.2, -0.15) is 0 Å². The van der Waals surface area contributed by atoms with Crippen molar-refractivity contribution >= 4 is 28.4 Å². The second-order valence-corrected chi connectivity index (χ2v) is 8.63. The Morgan fingerprint density at radius 3 is 2.45 bits per heavy atom. The summed E-state index contributed by atoms with van der Waals surface area (Å²) >= 11 is 0. The molecular formula is C28H27FN4O5. The summed E-state index contributed by atoms with van der Waals surface area (Å²) in [6, 6.07) is 18.5. The van der Waals surface area contributed by atoms with Crippen molar-refractivity contribution in [2.45, 2.75) is 19.5 Å². The Morgan fingerprint density at radius 2 is 1.71 bits per heavy atom. The van der Waals surface area contributed by atoms with E-state index < -0.39 is 23.0 Å². The van der Waals surface area contributed by atoms with Crippen LogP contribution in [0.15, 0.2) is 82.4 Å². The standard InChI is InChI=1S/C28H27FN4O5/c1-38-15-5-14-30-26(35)20-12-10-19(11-13-20)17-33-27(36)23-8-2-3-9-24(23)32(28(33)37)18-25(34)31-22-7-4-6-21(29)16-22/h2-4,6-13,16H,5,14-15,17-18H2,1H3,(H,30,35)(H,31,34). The van der Waals surface area contributed by atoms with Crippen LogP contribution in [0.4, 0.5) is 10.1 Å². The second kappa shape index (κ2) is 12.1. The lowest BCUT2D eigenvalue weighted by molar-refractivity contribution is -0.116. The first-order valence-electron chi connectivity index (χ1n) is 12.0. The average Bonchev–Trinajstić information content (AvgIpc) is 2.91.